The van der Waals surface area contributed by atoms with Crippen LogP contribution in [0.5, 0.6) is 0 Å². The normalized spacial score (nSPS) is 13.2. The Labute approximate surface area is 123 Å². The highest BCUT2D eigenvalue weighted by Crippen LogP contribution is 2.27. The maximum atomic E-state index is 12.5. The van der Waals surface area contributed by atoms with E-state index in [9.17, 15) is 4.79 Å². The van der Waals surface area contributed by atoms with Crippen molar-refractivity contribution in [2.75, 3.05) is 16.8 Å². The fourth-order valence-corrected chi connectivity index (χ4v) is 2.60. The standard InChI is InChI=1S/C17H15N3O/c18-12-13-5-3-8-15(11-13)19-17(21)20-10-4-7-14-6-1-2-9-16(14)20/h1-3,5-6,8-9,11H,4,7,10H2,(H,19,21). The highest BCUT2D eigenvalue weighted by Gasteiger charge is 2.22. The van der Waals surface area contributed by atoms with E-state index in [2.05, 4.69) is 17.5 Å². The maximum absolute atomic E-state index is 12.5. The largest absolute Gasteiger partial charge is 0.326 e. The number of anilines is 2. The van der Waals surface area contributed by atoms with Gasteiger partial charge < -0.3 is 5.32 Å². The van der Waals surface area contributed by atoms with Crippen molar-refractivity contribution < 1.29 is 4.79 Å². The Bertz CT molecular complexity index is 718. The average Bonchev–Trinajstić information content (AvgIpc) is 2.54. The van der Waals surface area contributed by atoms with Crippen molar-refractivity contribution in [1.82, 2.24) is 0 Å². The Kier molecular flexibility index (Phi) is 3.57. The summed E-state index contributed by atoms with van der Waals surface area (Å²) in [6.45, 7) is 0.709. The molecule has 2 amide bonds. The zero-order valence-corrected chi connectivity index (χ0v) is 11.5. The number of carbonyl (C=O) groups excluding carboxylic acids is 1. The van der Waals surface area contributed by atoms with Gasteiger partial charge in [-0.3, -0.25) is 4.90 Å². The molecule has 0 spiro atoms. The van der Waals surface area contributed by atoms with Crippen LogP contribution in [0.1, 0.15) is 17.5 Å². The number of aryl methyl sites for hydroxylation is 1. The Morgan fingerprint density at radius 2 is 2.05 bits per heavy atom. The van der Waals surface area contributed by atoms with E-state index < -0.39 is 0 Å². The van der Waals surface area contributed by atoms with Crippen molar-refractivity contribution in [1.29, 1.82) is 5.26 Å². The van der Waals surface area contributed by atoms with Gasteiger partial charge in [0.1, 0.15) is 0 Å². The van der Waals surface area contributed by atoms with Crippen LogP contribution < -0.4 is 10.2 Å². The summed E-state index contributed by atoms with van der Waals surface area (Å²) in [7, 11) is 0. The highest BCUT2D eigenvalue weighted by molar-refractivity contribution is 6.02. The van der Waals surface area contributed by atoms with Crippen molar-refractivity contribution >= 4 is 17.4 Å². The van der Waals surface area contributed by atoms with E-state index in [-0.39, 0.29) is 6.03 Å². The van der Waals surface area contributed by atoms with Gasteiger partial charge in [-0.2, -0.15) is 5.26 Å². The SMILES string of the molecule is N#Cc1cccc(NC(=O)N2CCCc3ccccc32)c1. The minimum atomic E-state index is -0.155. The lowest BCUT2D eigenvalue weighted by molar-refractivity contribution is 0.256. The minimum Gasteiger partial charge on any atom is -0.307 e. The maximum Gasteiger partial charge on any atom is 0.326 e. The molecule has 0 unspecified atom stereocenters. The summed E-state index contributed by atoms with van der Waals surface area (Å²) in [6, 6.07) is 16.8. The van der Waals surface area contributed by atoms with Gasteiger partial charge in [-0.15, -0.1) is 0 Å². The molecule has 2 aromatic carbocycles. The molecular formula is C17H15N3O. The molecule has 0 saturated heterocycles. The molecule has 0 fully saturated rings. The lowest BCUT2D eigenvalue weighted by Gasteiger charge is -2.29. The first-order valence-electron chi connectivity index (χ1n) is 6.94. The summed E-state index contributed by atoms with van der Waals surface area (Å²) in [5.41, 5.74) is 3.34. The van der Waals surface area contributed by atoms with Crippen molar-refractivity contribution in [3.63, 3.8) is 0 Å². The second kappa shape index (κ2) is 5.68. The number of nitrogens with one attached hydrogen (secondary N) is 1. The molecular weight excluding hydrogens is 262 g/mol. The number of urea groups is 1. The van der Waals surface area contributed by atoms with Crippen LogP contribution in [0.4, 0.5) is 16.2 Å². The number of nitrogens with zero attached hydrogens (tertiary/aromatic N) is 2. The third-order valence-electron chi connectivity index (χ3n) is 3.60. The Morgan fingerprint density at radius 1 is 1.19 bits per heavy atom. The fraction of sp³-hybridized carbons (Fsp3) is 0.176. The highest BCUT2D eigenvalue weighted by atomic mass is 16.2. The molecule has 3 rings (SSSR count). The van der Waals surface area contributed by atoms with E-state index in [1.54, 1.807) is 29.2 Å². The molecule has 0 aromatic heterocycles. The van der Waals surface area contributed by atoms with Crippen LogP contribution in [-0.2, 0) is 6.42 Å². The predicted octanol–water partition coefficient (Wildman–Crippen LogP) is 3.54. The predicted molar refractivity (Wildman–Crippen MR) is 82.3 cm³/mol. The van der Waals surface area contributed by atoms with E-state index in [1.807, 2.05) is 18.2 Å². The van der Waals surface area contributed by atoms with Gasteiger partial charge in [0, 0.05) is 17.9 Å². The molecule has 104 valence electrons. The number of hydrogen-bond donors (Lipinski definition) is 1. The first-order chi connectivity index (χ1) is 10.3. The van der Waals surface area contributed by atoms with Crippen LogP contribution in [-0.4, -0.2) is 12.6 Å². The lowest BCUT2D eigenvalue weighted by Crippen LogP contribution is -2.38. The van der Waals surface area contributed by atoms with Crippen LogP contribution in [0, 0.1) is 11.3 Å². The van der Waals surface area contributed by atoms with Crippen molar-refractivity contribution in [3.8, 4) is 6.07 Å². The second-order valence-corrected chi connectivity index (χ2v) is 5.01. The smallest absolute Gasteiger partial charge is 0.307 e. The van der Waals surface area contributed by atoms with Gasteiger partial charge >= 0.3 is 6.03 Å². The van der Waals surface area contributed by atoms with E-state index in [0.29, 0.717) is 17.8 Å². The number of nitriles is 1. The van der Waals surface area contributed by atoms with Crippen LogP contribution in [0.3, 0.4) is 0 Å². The minimum absolute atomic E-state index is 0.155. The molecule has 0 aliphatic carbocycles. The van der Waals surface area contributed by atoms with Gasteiger partial charge in [0.2, 0.25) is 0 Å². The summed E-state index contributed by atoms with van der Waals surface area (Å²) in [5, 5.41) is 11.8. The number of fused-ring (bicyclic) bond motifs is 1. The molecule has 1 aliphatic rings. The third-order valence-corrected chi connectivity index (χ3v) is 3.60. The van der Waals surface area contributed by atoms with Crippen LogP contribution in [0.25, 0.3) is 0 Å². The summed E-state index contributed by atoms with van der Waals surface area (Å²) < 4.78 is 0. The summed E-state index contributed by atoms with van der Waals surface area (Å²) in [6.07, 6.45) is 1.96. The molecule has 0 radical (unpaired) electrons. The van der Waals surface area contributed by atoms with E-state index in [1.165, 1.54) is 5.56 Å². The molecule has 0 bridgehead atoms. The number of hydrogen-bond acceptors (Lipinski definition) is 2. The molecule has 0 saturated carbocycles. The zero-order chi connectivity index (χ0) is 14.7. The molecule has 1 aliphatic heterocycles. The van der Waals surface area contributed by atoms with Gasteiger partial charge in [-0.1, -0.05) is 24.3 Å². The molecule has 4 nitrogen and oxygen atoms in total. The van der Waals surface area contributed by atoms with Gasteiger partial charge in [0.25, 0.3) is 0 Å². The van der Waals surface area contributed by atoms with Gasteiger partial charge in [0.05, 0.1) is 11.6 Å². The molecule has 1 heterocycles. The Balaban J connectivity index is 1.82. The first kappa shape index (κ1) is 13.2. The molecule has 4 heteroatoms. The quantitative estimate of drug-likeness (QED) is 0.866. The number of carbonyl (C=O) groups is 1. The first-order valence-corrected chi connectivity index (χ1v) is 6.94. The van der Waals surface area contributed by atoms with Crippen LogP contribution in [0.15, 0.2) is 48.5 Å². The third kappa shape index (κ3) is 2.72. The van der Waals surface area contributed by atoms with Crippen LogP contribution >= 0.6 is 0 Å². The van der Waals surface area contributed by atoms with Crippen molar-refractivity contribution in [2.24, 2.45) is 0 Å². The van der Waals surface area contributed by atoms with E-state index in [4.69, 9.17) is 5.26 Å². The second-order valence-electron chi connectivity index (χ2n) is 5.01. The van der Waals surface area contributed by atoms with E-state index >= 15 is 0 Å². The summed E-state index contributed by atoms with van der Waals surface area (Å²) >= 11 is 0. The van der Waals surface area contributed by atoms with Crippen LogP contribution in [0.2, 0.25) is 0 Å². The van der Waals surface area contributed by atoms with Crippen molar-refractivity contribution in [3.05, 3.63) is 59.7 Å². The number of benzene rings is 2. The lowest BCUT2D eigenvalue weighted by atomic mass is 10.0. The van der Waals surface area contributed by atoms with Gasteiger partial charge in [0.15, 0.2) is 0 Å². The molecule has 0 atom stereocenters. The number of rotatable bonds is 1. The monoisotopic (exact) mass is 277 g/mol. The Morgan fingerprint density at radius 3 is 2.90 bits per heavy atom. The Hall–Kier alpha value is -2.80. The van der Waals surface area contributed by atoms with Gasteiger partial charge in [-0.25, -0.2) is 4.79 Å². The molecule has 2 aromatic rings. The van der Waals surface area contributed by atoms with Crippen molar-refractivity contribution in [2.45, 2.75) is 12.8 Å². The fourth-order valence-electron chi connectivity index (χ4n) is 2.60. The van der Waals surface area contributed by atoms with Gasteiger partial charge in [-0.05, 0) is 42.7 Å². The number of para-hydroxylation sites is 1. The number of amides is 2. The topological polar surface area (TPSA) is 56.1 Å². The average molecular weight is 277 g/mol. The zero-order valence-electron chi connectivity index (χ0n) is 11.5. The summed E-state index contributed by atoms with van der Waals surface area (Å²) in [4.78, 5) is 14.2. The van der Waals surface area contributed by atoms with E-state index in [0.717, 1.165) is 18.5 Å². The summed E-state index contributed by atoms with van der Waals surface area (Å²) in [5.74, 6) is 0. The molecule has 1 N–H and O–H groups in total. The molecule has 21 heavy (non-hydrogen) atoms.